The average Bonchev–Trinajstić information content (AvgIpc) is 3.61. The van der Waals surface area contributed by atoms with E-state index in [0.717, 1.165) is 57.4 Å². The molecule has 1 atom stereocenters. The van der Waals surface area contributed by atoms with E-state index in [1.54, 1.807) is 16.6 Å². The highest BCUT2D eigenvalue weighted by Crippen LogP contribution is 2.40. The Bertz CT molecular complexity index is 1550. The number of hydrogen-bond acceptors (Lipinski definition) is 4. The number of hydrogen-bond donors (Lipinski definition) is 2. The van der Waals surface area contributed by atoms with Gasteiger partial charge in [-0.2, -0.15) is 5.10 Å². The fourth-order valence-corrected chi connectivity index (χ4v) is 5.92. The summed E-state index contributed by atoms with van der Waals surface area (Å²) < 4.78 is 1.63. The number of pyridine rings is 1. The SMILES string of the molecule is Cc1cc(C(=O)N2CCc3cc(-c4cnc5[nH]cc(C)c5c4)cc([C@@H]4CCCN4C(=O)O)c3C2)n(C)n1. The van der Waals surface area contributed by atoms with Crippen molar-refractivity contribution in [2.75, 3.05) is 13.1 Å². The first-order chi connectivity index (χ1) is 17.8. The minimum atomic E-state index is -0.901. The molecule has 9 heteroatoms. The highest BCUT2D eigenvalue weighted by atomic mass is 16.4. The number of nitrogens with zero attached hydrogens (tertiary/aromatic N) is 5. The predicted molar refractivity (Wildman–Crippen MR) is 139 cm³/mol. The Morgan fingerprint density at radius 1 is 1.11 bits per heavy atom. The number of amides is 2. The van der Waals surface area contributed by atoms with Gasteiger partial charge in [-0.25, -0.2) is 9.78 Å². The van der Waals surface area contributed by atoms with Crippen LogP contribution in [0.25, 0.3) is 22.2 Å². The number of likely N-dealkylation sites (tertiary alicyclic amines) is 1. The van der Waals surface area contributed by atoms with E-state index in [0.29, 0.717) is 31.7 Å². The summed E-state index contributed by atoms with van der Waals surface area (Å²) in [7, 11) is 1.79. The molecule has 1 saturated heterocycles. The van der Waals surface area contributed by atoms with Gasteiger partial charge in [-0.05, 0) is 79.1 Å². The van der Waals surface area contributed by atoms with E-state index in [2.05, 4.69) is 40.2 Å². The maximum atomic E-state index is 13.4. The molecule has 9 nitrogen and oxygen atoms in total. The van der Waals surface area contributed by atoms with E-state index in [4.69, 9.17) is 0 Å². The molecule has 1 fully saturated rings. The number of aromatic amines is 1. The molecule has 2 N–H and O–H groups in total. The van der Waals surface area contributed by atoms with Crippen molar-refractivity contribution in [1.29, 1.82) is 0 Å². The van der Waals surface area contributed by atoms with Crippen LogP contribution in [0.15, 0.2) is 36.7 Å². The van der Waals surface area contributed by atoms with E-state index >= 15 is 0 Å². The number of aromatic nitrogens is 4. The standard InChI is InChI=1S/C28H30N6O3/c1-16-13-29-26-21(16)12-20(14-30-26)19-10-18-6-8-33(27(35)25-9-17(2)31-32(25)3)15-23(18)22(11-19)24-5-4-7-34(24)28(36)37/h9-14,24H,4-8,15H2,1-3H3,(H,29,30)(H,36,37)/t24-/m0/s1. The van der Waals surface area contributed by atoms with Crippen molar-refractivity contribution in [2.45, 2.75) is 45.7 Å². The summed E-state index contributed by atoms with van der Waals surface area (Å²) in [5, 5.41) is 15.3. The summed E-state index contributed by atoms with van der Waals surface area (Å²) in [6.45, 7) is 5.50. The Labute approximate surface area is 214 Å². The van der Waals surface area contributed by atoms with Crippen molar-refractivity contribution < 1.29 is 14.7 Å². The van der Waals surface area contributed by atoms with Crippen LogP contribution >= 0.6 is 0 Å². The third-order valence-electron chi connectivity index (χ3n) is 7.81. The normalized spacial score (nSPS) is 17.4. The lowest BCUT2D eigenvalue weighted by Gasteiger charge is -2.33. The second kappa shape index (κ2) is 8.76. The predicted octanol–water partition coefficient (Wildman–Crippen LogP) is 4.59. The van der Waals surface area contributed by atoms with Gasteiger partial charge in [0, 0.05) is 50.0 Å². The zero-order valence-electron chi connectivity index (χ0n) is 21.3. The summed E-state index contributed by atoms with van der Waals surface area (Å²) in [4.78, 5) is 36.7. The number of H-pyrrole nitrogens is 1. The highest BCUT2D eigenvalue weighted by Gasteiger charge is 2.34. The molecule has 4 aromatic rings. The molecule has 0 saturated carbocycles. The molecule has 6 rings (SSSR count). The van der Waals surface area contributed by atoms with Crippen LogP contribution in [0.1, 0.15) is 57.3 Å². The number of carboxylic acid groups (broad SMARTS) is 1. The minimum Gasteiger partial charge on any atom is -0.465 e. The van der Waals surface area contributed by atoms with Gasteiger partial charge >= 0.3 is 6.09 Å². The molecule has 0 aliphatic carbocycles. The van der Waals surface area contributed by atoms with Crippen molar-refractivity contribution in [3.63, 3.8) is 0 Å². The molecular formula is C28H30N6O3. The Morgan fingerprint density at radius 3 is 2.70 bits per heavy atom. The van der Waals surface area contributed by atoms with E-state index < -0.39 is 6.09 Å². The quantitative estimate of drug-likeness (QED) is 0.430. The Morgan fingerprint density at radius 2 is 1.95 bits per heavy atom. The summed E-state index contributed by atoms with van der Waals surface area (Å²) in [6.07, 6.45) is 5.22. The number of benzene rings is 1. The minimum absolute atomic E-state index is 0.0529. The molecule has 37 heavy (non-hydrogen) atoms. The van der Waals surface area contributed by atoms with Crippen LogP contribution in [0, 0.1) is 13.8 Å². The van der Waals surface area contributed by atoms with Crippen molar-refractivity contribution in [3.8, 4) is 11.1 Å². The molecule has 2 amide bonds. The second-order valence-electron chi connectivity index (χ2n) is 10.2. The van der Waals surface area contributed by atoms with Gasteiger partial charge in [0.05, 0.1) is 11.7 Å². The zero-order chi connectivity index (χ0) is 25.8. The molecule has 2 aliphatic rings. The first-order valence-corrected chi connectivity index (χ1v) is 12.7. The van der Waals surface area contributed by atoms with Gasteiger partial charge in [-0.15, -0.1) is 0 Å². The van der Waals surface area contributed by atoms with Crippen LogP contribution in [-0.4, -0.2) is 59.7 Å². The molecule has 0 radical (unpaired) electrons. The lowest BCUT2D eigenvalue weighted by atomic mass is 9.86. The largest absolute Gasteiger partial charge is 0.465 e. The lowest BCUT2D eigenvalue weighted by Crippen LogP contribution is -2.38. The van der Waals surface area contributed by atoms with E-state index in [1.807, 2.05) is 30.3 Å². The molecule has 2 aliphatic heterocycles. The lowest BCUT2D eigenvalue weighted by molar-refractivity contribution is 0.0721. The van der Waals surface area contributed by atoms with Gasteiger partial charge in [0.25, 0.3) is 5.91 Å². The fraction of sp³-hybridized carbons (Fsp3) is 0.357. The van der Waals surface area contributed by atoms with Gasteiger partial charge in [0.2, 0.25) is 0 Å². The molecule has 1 aromatic carbocycles. The van der Waals surface area contributed by atoms with Gasteiger partial charge in [0.1, 0.15) is 11.3 Å². The summed E-state index contributed by atoms with van der Waals surface area (Å²) in [5.74, 6) is -0.0529. The summed E-state index contributed by atoms with van der Waals surface area (Å²) in [6, 6.07) is 8.05. The van der Waals surface area contributed by atoms with E-state index in [1.165, 1.54) is 5.56 Å². The third-order valence-corrected chi connectivity index (χ3v) is 7.81. The van der Waals surface area contributed by atoms with Crippen molar-refractivity contribution in [1.82, 2.24) is 29.5 Å². The van der Waals surface area contributed by atoms with Gasteiger partial charge in [-0.1, -0.05) is 6.07 Å². The van der Waals surface area contributed by atoms with Gasteiger partial charge in [0.15, 0.2) is 0 Å². The van der Waals surface area contributed by atoms with Crippen LogP contribution in [-0.2, 0) is 20.0 Å². The van der Waals surface area contributed by atoms with Crippen LogP contribution < -0.4 is 0 Å². The molecular weight excluding hydrogens is 468 g/mol. The number of fused-ring (bicyclic) bond motifs is 2. The molecule has 3 aromatic heterocycles. The Kier molecular flexibility index (Phi) is 5.51. The van der Waals surface area contributed by atoms with Gasteiger partial charge < -0.3 is 19.9 Å². The maximum absolute atomic E-state index is 13.4. The number of carbonyl (C=O) groups excluding carboxylic acids is 1. The van der Waals surface area contributed by atoms with Crippen molar-refractivity contribution in [3.05, 3.63) is 70.3 Å². The third kappa shape index (κ3) is 3.94. The molecule has 190 valence electrons. The van der Waals surface area contributed by atoms with Gasteiger partial charge in [-0.3, -0.25) is 9.48 Å². The second-order valence-corrected chi connectivity index (χ2v) is 10.2. The van der Waals surface area contributed by atoms with Crippen LogP contribution in [0.3, 0.4) is 0 Å². The highest BCUT2D eigenvalue weighted by molar-refractivity contribution is 5.93. The number of nitrogens with one attached hydrogen (secondary N) is 1. The smallest absolute Gasteiger partial charge is 0.407 e. The van der Waals surface area contributed by atoms with Crippen molar-refractivity contribution in [2.24, 2.45) is 7.05 Å². The topological polar surface area (TPSA) is 107 Å². The Hall–Kier alpha value is -4.14. The molecule has 0 spiro atoms. The summed E-state index contributed by atoms with van der Waals surface area (Å²) in [5.41, 5.74) is 8.62. The van der Waals surface area contributed by atoms with Crippen LogP contribution in [0.4, 0.5) is 4.79 Å². The fourth-order valence-electron chi connectivity index (χ4n) is 5.92. The first kappa shape index (κ1) is 23.3. The molecule has 0 unspecified atom stereocenters. The van der Waals surface area contributed by atoms with E-state index in [-0.39, 0.29) is 11.9 Å². The van der Waals surface area contributed by atoms with Crippen LogP contribution in [0.2, 0.25) is 0 Å². The van der Waals surface area contributed by atoms with E-state index in [9.17, 15) is 14.7 Å². The maximum Gasteiger partial charge on any atom is 0.407 e. The summed E-state index contributed by atoms with van der Waals surface area (Å²) >= 11 is 0. The van der Waals surface area contributed by atoms with Crippen molar-refractivity contribution >= 4 is 23.0 Å². The zero-order valence-corrected chi connectivity index (χ0v) is 21.3. The molecule has 0 bridgehead atoms. The number of rotatable bonds is 3. The molecule has 5 heterocycles. The number of carbonyl (C=O) groups is 2. The number of aryl methyl sites for hydroxylation is 3. The Balaban J connectivity index is 1.44. The first-order valence-electron chi connectivity index (χ1n) is 12.7. The van der Waals surface area contributed by atoms with Crippen LogP contribution in [0.5, 0.6) is 0 Å². The average molecular weight is 499 g/mol. The monoisotopic (exact) mass is 498 g/mol.